The molecule has 0 aliphatic rings. The standard InChI is InChI=1S/C15H19BrO4/c1-3-20-15(18)13(16)6-4-5-11-7-9-12(10-8-11)14(17)19-2/h7-10,13H,3-6H2,1-2H3. The smallest absolute Gasteiger partial charge is 0.337 e. The lowest BCUT2D eigenvalue weighted by atomic mass is 10.1. The van der Waals surface area contributed by atoms with Crippen LogP contribution in [0.15, 0.2) is 24.3 Å². The molecule has 0 bridgehead atoms. The van der Waals surface area contributed by atoms with Gasteiger partial charge in [-0.25, -0.2) is 4.79 Å². The van der Waals surface area contributed by atoms with Gasteiger partial charge in [0.05, 0.1) is 19.3 Å². The molecule has 5 heteroatoms. The monoisotopic (exact) mass is 342 g/mol. The largest absolute Gasteiger partial charge is 0.465 e. The van der Waals surface area contributed by atoms with E-state index in [1.54, 1.807) is 19.1 Å². The van der Waals surface area contributed by atoms with Gasteiger partial charge in [0.15, 0.2) is 0 Å². The van der Waals surface area contributed by atoms with E-state index in [2.05, 4.69) is 20.7 Å². The van der Waals surface area contributed by atoms with Gasteiger partial charge in [0.25, 0.3) is 0 Å². The number of benzene rings is 1. The maximum atomic E-state index is 11.4. The molecule has 110 valence electrons. The average molecular weight is 343 g/mol. The van der Waals surface area contributed by atoms with Gasteiger partial charge in [0.1, 0.15) is 4.83 Å². The number of rotatable bonds is 7. The molecule has 0 saturated carbocycles. The quantitative estimate of drug-likeness (QED) is 0.564. The van der Waals surface area contributed by atoms with Gasteiger partial charge in [-0.1, -0.05) is 28.1 Å². The Kier molecular flexibility index (Phi) is 7.30. The van der Waals surface area contributed by atoms with Crippen LogP contribution < -0.4 is 0 Å². The second kappa shape index (κ2) is 8.74. The summed E-state index contributed by atoms with van der Waals surface area (Å²) < 4.78 is 9.57. The Morgan fingerprint density at radius 3 is 2.45 bits per heavy atom. The van der Waals surface area contributed by atoms with Gasteiger partial charge in [0, 0.05) is 0 Å². The molecule has 0 fully saturated rings. The van der Waals surface area contributed by atoms with Gasteiger partial charge in [-0.15, -0.1) is 0 Å². The Hall–Kier alpha value is -1.36. The summed E-state index contributed by atoms with van der Waals surface area (Å²) in [7, 11) is 1.36. The van der Waals surface area contributed by atoms with Crippen LogP contribution in [-0.4, -0.2) is 30.5 Å². The van der Waals surface area contributed by atoms with Gasteiger partial charge in [-0.3, -0.25) is 4.79 Å². The topological polar surface area (TPSA) is 52.6 Å². The zero-order valence-corrected chi connectivity index (χ0v) is 13.3. The van der Waals surface area contributed by atoms with Crippen LogP contribution in [0.5, 0.6) is 0 Å². The van der Waals surface area contributed by atoms with E-state index in [4.69, 9.17) is 4.74 Å². The summed E-state index contributed by atoms with van der Waals surface area (Å²) in [6.07, 6.45) is 2.44. The van der Waals surface area contributed by atoms with Gasteiger partial charge in [-0.05, 0) is 43.9 Å². The molecule has 0 aliphatic heterocycles. The van der Waals surface area contributed by atoms with E-state index in [0.717, 1.165) is 24.8 Å². The van der Waals surface area contributed by atoms with Crippen LogP contribution in [0.2, 0.25) is 0 Å². The van der Waals surface area contributed by atoms with Crippen LogP contribution in [0.1, 0.15) is 35.7 Å². The number of carbonyl (C=O) groups is 2. The Morgan fingerprint density at radius 2 is 1.90 bits per heavy atom. The van der Waals surface area contributed by atoms with E-state index >= 15 is 0 Å². The predicted octanol–water partition coefficient (Wildman–Crippen LogP) is 3.12. The van der Waals surface area contributed by atoms with Crippen LogP contribution in [-0.2, 0) is 20.7 Å². The fourth-order valence-corrected chi connectivity index (χ4v) is 2.22. The van der Waals surface area contributed by atoms with E-state index in [1.165, 1.54) is 7.11 Å². The normalized spacial score (nSPS) is 11.8. The lowest BCUT2D eigenvalue weighted by Gasteiger charge is -2.08. The summed E-state index contributed by atoms with van der Waals surface area (Å²) in [5.74, 6) is -0.548. The fourth-order valence-electron chi connectivity index (χ4n) is 1.76. The molecule has 4 nitrogen and oxygen atoms in total. The highest BCUT2D eigenvalue weighted by Crippen LogP contribution is 2.14. The molecular formula is C15H19BrO4. The van der Waals surface area contributed by atoms with Crippen LogP contribution in [0.4, 0.5) is 0 Å². The first kappa shape index (κ1) is 16.7. The first-order valence-corrected chi connectivity index (χ1v) is 7.48. The number of hydrogen-bond acceptors (Lipinski definition) is 4. The lowest BCUT2D eigenvalue weighted by molar-refractivity contribution is -0.142. The highest BCUT2D eigenvalue weighted by molar-refractivity contribution is 9.10. The number of aryl methyl sites for hydroxylation is 1. The molecule has 0 aromatic heterocycles. The number of methoxy groups -OCH3 is 1. The molecule has 0 heterocycles. The minimum Gasteiger partial charge on any atom is -0.465 e. The van der Waals surface area contributed by atoms with Gasteiger partial charge >= 0.3 is 11.9 Å². The molecule has 0 aliphatic carbocycles. The number of hydrogen-bond donors (Lipinski definition) is 0. The second-order valence-corrected chi connectivity index (χ2v) is 5.41. The van der Waals surface area contributed by atoms with E-state index < -0.39 is 0 Å². The van der Waals surface area contributed by atoms with Crippen molar-refractivity contribution in [2.45, 2.75) is 31.0 Å². The van der Waals surface area contributed by atoms with Crippen molar-refractivity contribution in [1.29, 1.82) is 0 Å². The summed E-state index contributed by atoms with van der Waals surface area (Å²) in [4.78, 5) is 22.4. The maximum Gasteiger partial charge on any atom is 0.337 e. The summed E-state index contributed by atoms with van der Waals surface area (Å²) in [5.41, 5.74) is 1.67. The van der Waals surface area contributed by atoms with Crippen molar-refractivity contribution in [1.82, 2.24) is 0 Å². The molecule has 1 atom stereocenters. The molecule has 1 aromatic carbocycles. The predicted molar refractivity (Wildman–Crippen MR) is 80.1 cm³/mol. The second-order valence-electron chi connectivity index (χ2n) is 4.30. The third-order valence-corrected chi connectivity index (χ3v) is 3.67. The van der Waals surface area contributed by atoms with Crippen molar-refractivity contribution in [3.8, 4) is 0 Å². The molecule has 0 saturated heterocycles. The van der Waals surface area contributed by atoms with Gasteiger partial charge in [0.2, 0.25) is 0 Å². The highest BCUT2D eigenvalue weighted by atomic mass is 79.9. The highest BCUT2D eigenvalue weighted by Gasteiger charge is 2.15. The average Bonchev–Trinajstić information content (AvgIpc) is 2.47. The van der Waals surface area contributed by atoms with Crippen LogP contribution >= 0.6 is 15.9 Å². The lowest BCUT2D eigenvalue weighted by Crippen LogP contribution is -2.17. The minimum atomic E-state index is -0.334. The van der Waals surface area contributed by atoms with Crippen molar-refractivity contribution in [2.24, 2.45) is 0 Å². The van der Waals surface area contributed by atoms with E-state index in [-0.39, 0.29) is 16.8 Å². The Balaban J connectivity index is 2.39. The summed E-state index contributed by atoms with van der Waals surface area (Å²) in [5, 5.41) is 0. The molecule has 0 amide bonds. The first-order valence-electron chi connectivity index (χ1n) is 6.56. The Bertz CT molecular complexity index is 442. The minimum absolute atomic E-state index is 0.214. The summed E-state index contributed by atoms with van der Waals surface area (Å²) in [6, 6.07) is 7.30. The molecule has 1 unspecified atom stereocenters. The molecule has 1 aromatic rings. The van der Waals surface area contributed by atoms with Crippen molar-refractivity contribution < 1.29 is 19.1 Å². The number of carbonyl (C=O) groups excluding carboxylic acids is 2. The van der Waals surface area contributed by atoms with Gasteiger partial charge in [-0.2, -0.15) is 0 Å². The third kappa shape index (κ3) is 5.33. The zero-order valence-electron chi connectivity index (χ0n) is 11.7. The molecule has 0 radical (unpaired) electrons. The Morgan fingerprint density at radius 1 is 1.25 bits per heavy atom. The number of alkyl halides is 1. The van der Waals surface area contributed by atoms with Crippen molar-refractivity contribution in [3.05, 3.63) is 35.4 Å². The van der Waals surface area contributed by atoms with Gasteiger partial charge < -0.3 is 9.47 Å². The van der Waals surface area contributed by atoms with Crippen LogP contribution in [0.3, 0.4) is 0 Å². The van der Waals surface area contributed by atoms with E-state index in [9.17, 15) is 9.59 Å². The maximum absolute atomic E-state index is 11.4. The molecule has 1 rings (SSSR count). The van der Waals surface area contributed by atoms with E-state index in [1.807, 2.05) is 12.1 Å². The fraction of sp³-hybridized carbons (Fsp3) is 0.467. The zero-order chi connectivity index (χ0) is 15.0. The van der Waals surface area contributed by atoms with E-state index in [0.29, 0.717) is 12.2 Å². The number of esters is 2. The molecule has 0 spiro atoms. The van der Waals surface area contributed by atoms with Crippen LogP contribution in [0, 0.1) is 0 Å². The molecular weight excluding hydrogens is 324 g/mol. The molecule has 0 N–H and O–H groups in total. The SMILES string of the molecule is CCOC(=O)C(Br)CCCc1ccc(C(=O)OC)cc1. The van der Waals surface area contributed by atoms with Crippen molar-refractivity contribution in [3.63, 3.8) is 0 Å². The summed E-state index contributed by atoms with van der Waals surface area (Å²) >= 11 is 3.32. The number of ether oxygens (including phenoxy) is 2. The number of halogens is 1. The van der Waals surface area contributed by atoms with Crippen molar-refractivity contribution in [2.75, 3.05) is 13.7 Å². The van der Waals surface area contributed by atoms with Crippen molar-refractivity contribution >= 4 is 27.9 Å². The summed E-state index contributed by atoms with van der Waals surface area (Å²) in [6.45, 7) is 2.19. The third-order valence-electron chi connectivity index (χ3n) is 2.84. The van der Waals surface area contributed by atoms with Crippen LogP contribution in [0.25, 0.3) is 0 Å². The Labute approximate surface area is 127 Å². The first-order chi connectivity index (χ1) is 9.58. The molecule has 20 heavy (non-hydrogen) atoms.